The molecule has 2 aromatic carbocycles. The fraction of sp³-hybridized carbons (Fsp3) is 0.333. The van der Waals surface area contributed by atoms with Crippen LogP contribution in [-0.4, -0.2) is 15.5 Å². The molecular formula is C24H26N2O2. The third-order valence-electron chi connectivity index (χ3n) is 5.75. The molecule has 0 bridgehead atoms. The first-order chi connectivity index (χ1) is 13.5. The van der Waals surface area contributed by atoms with Gasteiger partial charge in [-0.25, -0.2) is 0 Å². The summed E-state index contributed by atoms with van der Waals surface area (Å²) in [6.07, 6.45) is 7.28. The third-order valence-corrected chi connectivity index (χ3v) is 5.75. The minimum absolute atomic E-state index is 0.157. The van der Waals surface area contributed by atoms with Gasteiger partial charge in [0.1, 0.15) is 5.75 Å². The summed E-state index contributed by atoms with van der Waals surface area (Å²) in [5, 5.41) is 4.72. The highest BCUT2D eigenvalue weighted by Crippen LogP contribution is 2.39. The molecule has 0 saturated heterocycles. The van der Waals surface area contributed by atoms with Crippen molar-refractivity contribution in [1.29, 1.82) is 0 Å². The highest BCUT2D eigenvalue weighted by Gasteiger charge is 2.17. The number of ether oxygens (including phenoxy) is 1. The van der Waals surface area contributed by atoms with Crippen molar-refractivity contribution in [2.24, 2.45) is 7.05 Å². The molecule has 0 aliphatic heterocycles. The molecule has 0 atom stereocenters. The Morgan fingerprint density at radius 3 is 2.68 bits per heavy atom. The lowest BCUT2D eigenvalue weighted by Crippen LogP contribution is -2.07. The fourth-order valence-electron chi connectivity index (χ4n) is 4.29. The second-order valence-electron chi connectivity index (χ2n) is 7.56. The van der Waals surface area contributed by atoms with E-state index >= 15 is 0 Å². The minimum atomic E-state index is -0.157. The van der Waals surface area contributed by atoms with Gasteiger partial charge in [-0.1, -0.05) is 19.8 Å². The molecule has 28 heavy (non-hydrogen) atoms. The van der Waals surface area contributed by atoms with Gasteiger partial charge in [0.15, 0.2) is 0 Å². The molecule has 4 aromatic rings. The van der Waals surface area contributed by atoms with Crippen LogP contribution in [0.25, 0.3) is 32.6 Å². The van der Waals surface area contributed by atoms with Gasteiger partial charge in [-0.2, -0.15) is 0 Å². The number of benzene rings is 2. The molecular weight excluding hydrogens is 348 g/mol. The van der Waals surface area contributed by atoms with Crippen LogP contribution in [0.2, 0.25) is 0 Å². The SMILES string of the molecule is CCCCCC(=O)Oc1ccc2c(c1)c1c(C)c3cnccc3c(C)c1n2C. The number of hydrogen-bond acceptors (Lipinski definition) is 3. The highest BCUT2D eigenvalue weighted by molar-refractivity contribution is 6.17. The largest absolute Gasteiger partial charge is 0.427 e. The summed E-state index contributed by atoms with van der Waals surface area (Å²) in [5.41, 5.74) is 4.81. The average Bonchev–Trinajstić information content (AvgIpc) is 2.99. The van der Waals surface area contributed by atoms with Crippen molar-refractivity contribution in [1.82, 2.24) is 9.55 Å². The van der Waals surface area contributed by atoms with Crippen LogP contribution in [0.15, 0.2) is 36.7 Å². The second-order valence-corrected chi connectivity index (χ2v) is 7.56. The summed E-state index contributed by atoms with van der Waals surface area (Å²) in [7, 11) is 2.10. The highest BCUT2D eigenvalue weighted by atomic mass is 16.5. The molecule has 4 nitrogen and oxygen atoms in total. The molecule has 0 aliphatic carbocycles. The molecule has 0 saturated carbocycles. The Kier molecular flexibility index (Phi) is 4.80. The van der Waals surface area contributed by atoms with E-state index < -0.39 is 0 Å². The summed E-state index contributed by atoms with van der Waals surface area (Å²) in [6, 6.07) is 8.03. The van der Waals surface area contributed by atoms with E-state index in [0.29, 0.717) is 12.2 Å². The van der Waals surface area contributed by atoms with E-state index in [1.807, 2.05) is 30.6 Å². The zero-order valence-corrected chi connectivity index (χ0v) is 17.0. The van der Waals surface area contributed by atoms with E-state index in [2.05, 4.69) is 43.4 Å². The summed E-state index contributed by atoms with van der Waals surface area (Å²) in [5.74, 6) is 0.459. The molecule has 2 aromatic heterocycles. The zero-order chi connectivity index (χ0) is 19.8. The first kappa shape index (κ1) is 18.5. The summed E-state index contributed by atoms with van der Waals surface area (Å²) >= 11 is 0. The molecule has 0 N–H and O–H groups in total. The molecule has 0 radical (unpaired) electrons. The number of aromatic nitrogens is 2. The number of rotatable bonds is 5. The van der Waals surface area contributed by atoms with Gasteiger partial charge in [-0.3, -0.25) is 9.78 Å². The lowest BCUT2D eigenvalue weighted by atomic mass is 9.97. The predicted molar refractivity (Wildman–Crippen MR) is 115 cm³/mol. The molecule has 0 fully saturated rings. The van der Waals surface area contributed by atoms with Crippen molar-refractivity contribution >= 4 is 38.5 Å². The Morgan fingerprint density at radius 1 is 1.07 bits per heavy atom. The van der Waals surface area contributed by atoms with Crippen LogP contribution in [0.1, 0.15) is 43.7 Å². The van der Waals surface area contributed by atoms with Crippen LogP contribution in [0, 0.1) is 13.8 Å². The summed E-state index contributed by atoms with van der Waals surface area (Å²) < 4.78 is 7.86. The molecule has 4 rings (SSSR count). The van der Waals surface area contributed by atoms with Crippen molar-refractivity contribution in [2.45, 2.75) is 46.5 Å². The number of hydrogen-bond donors (Lipinski definition) is 0. The van der Waals surface area contributed by atoms with Crippen molar-refractivity contribution in [3.05, 3.63) is 47.8 Å². The molecule has 2 heterocycles. The quantitative estimate of drug-likeness (QED) is 0.245. The number of pyridine rings is 1. The molecule has 0 aliphatic rings. The van der Waals surface area contributed by atoms with Crippen molar-refractivity contribution in [2.75, 3.05) is 0 Å². The van der Waals surface area contributed by atoms with Crippen molar-refractivity contribution < 1.29 is 9.53 Å². The zero-order valence-electron chi connectivity index (χ0n) is 17.0. The molecule has 0 amide bonds. The van der Waals surface area contributed by atoms with Crippen LogP contribution in [0.3, 0.4) is 0 Å². The number of unbranched alkanes of at least 4 members (excludes halogenated alkanes) is 2. The maximum atomic E-state index is 12.2. The standard InChI is InChI=1S/C24H26N2O2/c1-5-6-7-8-22(27)28-17-9-10-21-19(13-17)23-15(2)20-14-25-12-11-18(20)16(3)24(23)26(21)4/h9-14H,5-8H2,1-4H3. The van der Waals surface area contributed by atoms with Gasteiger partial charge < -0.3 is 9.30 Å². The van der Waals surface area contributed by atoms with Crippen molar-refractivity contribution in [3.8, 4) is 5.75 Å². The minimum Gasteiger partial charge on any atom is -0.427 e. The average molecular weight is 374 g/mol. The van der Waals surface area contributed by atoms with Gasteiger partial charge in [0.05, 0.1) is 5.52 Å². The number of carbonyl (C=O) groups is 1. The van der Waals surface area contributed by atoms with Crippen LogP contribution in [0.4, 0.5) is 0 Å². The number of esters is 1. The van der Waals surface area contributed by atoms with E-state index in [-0.39, 0.29) is 5.97 Å². The predicted octanol–water partition coefficient (Wildman–Crippen LogP) is 5.98. The molecule has 144 valence electrons. The first-order valence-corrected chi connectivity index (χ1v) is 9.98. The van der Waals surface area contributed by atoms with Crippen molar-refractivity contribution in [3.63, 3.8) is 0 Å². The van der Waals surface area contributed by atoms with Gasteiger partial charge in [-0.15, -0.1) is 0 Å². The Balaban J connectivity index is 1.87. The van der Waals surface area contributed by atoms with E-state index in [9.17, 15) is 4.79 Å². The van der Waals surface area contributed by atoms with Crippen LogP contribution in [0.5, 0.6) is 5.75 Å². The molecule has 0 spiro atoms. The van der Waals surface area contributed by atoms with Gasteiger partial charge in [0.25, 0.3) is 0 Å². The number of fused-ring (bicyclic) bond motifs is 4. The van der Waals surface area contributed by atoms with Crippen LogP contribution in [-0.2, 0) is 11.8 Å². The third kappa shape index (κ3) is 2.93. The van der Waals surface area contributed by atoms with Crippen LogP contribution >= 0.6 is 0 Å². The maximum absolute atomic E-state index is 12.2. The van der Waals surface area contributed by atoms with Gasteiger partial charge in [0, 0.05) is 47.5 Å². The summed E-state index contributed by atoms with van der Waals surface area (Å²) in [6.45, 7) is 6.44. The van der Waals surface area contributed by atoms with Gasteiger partial charge in [-0.05, 0) is 61.0 Å². The Labute approximate surface area is 165 Å². The lowest BCUT2D eigenvalue weighted by Gasteiger charge is -2.10. The fourth-order valence-corrected chi connectivity index (χ4v) is 4.29. The van der Waals surface area contributed by atoms with E-state index in [4.69, 9.17) is 4.74 Å². The second kappa shape index (κ2) is 7.27. The summed E-state index contributed by atoms with van der Waals surface area (Å²) in [4.78, 5) is 16.5. The Bertz CT molecular complexity index is 1200. The topological polar surface area (TPSA) is 44.1 Å². The Hall–Kier alpha value is -2.88. The van der Waals surface area contributed by atoms with E-state index in [1.54, 1.807) is 0 Å². The van der Waals surface area contributed by atoms with E-state index in [1.165, 1.54) is 32.8 Å². The Morgan fingerprint density at radius 2 is 1.89 bits per heavy atom. The number of carbonyl (C=O) groups excluding carboxylic acids is 1. The van der Waals surface area contributed by atoms with Crippen LogP contribution < -0.4 is 4.74 Å². The number of aryl methyl sites for hydroxylation is 3. The molecule has 4 heteroatoms. The number of nitrogens with zero attached hydrogens (tertiary/aromatic N) is 2. The normalized spacial score (nSPS) is 11.6. The lowest BCUT2D eigenvalue weighted by molar-refractivity contribution is -0.134. The maximum Gasteiger partial charge on any atom is 0.311 e. The first-order valence-electron chi connectivity index (χ1n) is 9.98. The van der Waals surface area contributed by atoms with Gasteiger partial charge >= 0.3 is 5.97 Å². The van der Waals surface area contributed by atoms with E-state index in [0.717, 1.165) is 30.2 Å². The smallest absolute Gasteiger partial charge is 0.311 e. The monoisotopic (exact) mass is 374 g/mol. The molecule has 0 unspecified atom stereocenters. The van der Waals surface area contributed by atoms with Gasteiger partial charge in [0.2, 0.25) is 0 Å².